The fourth-order valence-corrected chi connectivity index (χ4v) is 3.49. The second-order valence-electron chi connectivity index (χ2n) is 7.79. The number of amides is 1. The van der Waals surface area contributed by atoms with Crippen molar-refractivity contribution in [2.24, 2.45) is 0 Å². The molecule has 164 valence electrons. The first-order valence-corrected chi connectivity index (χ1v) is 10.3. The van der Waals surface area contributed by atoms with E-state index in [0.29, 0.717) is 12.2 Å². The SMILES string of the molecule is COc1ccc(CN2CCN(CCn3cc(C(=O)NC(C)C)nn3)CC2)c(OC)c1. The molecular formula is C21H32N6O3. The lowest BCUT2D eigenvalue weighted by atomic mass is 10.1. The Morgan fingerprint density at radius 1 is 1.10 bits per heavy atom. The molecular weight excluding hydrogens is 384 g/mol. The Hall–Kier alpha value is -2.65. The number of methoxy groups -OCH3 is 2. The number of rotatable bonds is 9. The fraction of sp³-hybridized carbons (Fsp3) is 0.571. The Bertz CT molecular complexity index is 830. The summed E-state index contributed by atoms with van der Waals surface area (Å²) in [6.45, 7) is 10.3. The Labute approximate surface area is 177 Å². The van der Waals surface area contributed by atoms with Gasteiger partial charge in [0.25, 0.3) is 5.91 Å². The van der Waals surface area contributed by atoms with Gasteiger partial charge in [0.05, 0.1) is 27.0 Å². The number of nitrogens with one attached hydrogen (secondary N) is 1. The summed E-state index contributed by atoms with van der Waals surface area (Å²) in [5, 5.41) is 10.9. The van der Waals surface area contributed by atoms with Crippen molar-refractivity contribution in [1.82, 2.24) is 30.1 Å². The van der Waals surface area contributed by atoms with E-state index in [4.69, 9.17) is 9.47 Å². The smallest absolute Gasteiger partial charge is 0.273 e. The van der Waals surface area contributed by atoms with E-state index in [-0.39, 0.29) is 11.9 Å². The third kappa shape index (κ3) is 5.93. The van der Waals surface area contributed by atoms with Gasteiger partial charge in [0.15, 0.2) is 5.69 Å². The van der Waals surface area contributed by atoms with E-state index in [1.807, 2.05) is 26.0 Å². The van der Waals surface area contributed by atoms with Crippen molar-refractivity contribution in [2.45, 2.75) is 33.0 Å². The zero-order valence-corrected chi connectivity index (χ0v) is 18.3. The van der Waals surface area contributed by atoms with Crippen molar-refractivity contribution in [2.75, 3.05) is 46.9 Å². The summed E-state index contributed by atoms with van der Waals surface area (Å²) >= 11 is 0. The van der Waals surface area contributed by atoms with Crippen LogP contribution in [-0.4, -0.2) is 83.7 Å². The predicted molar refractivity (Wildman–Crippen MR) is 114 cm³/mol. The van der Waals surface area contributed by atoms with Crippen LogP contribution in [0.25, 0.3) is 0 Å². The van der Waals surface area contributed by atoms with Crippen molar-refractivity contribution in [3.05, 3.63) is 35.7 Å². The molecule has 3 rings (SSSR count). The normalized spacial score (nSPS) is 15.4. The van der Waals surface area contributed by atoms with Crippen LogP contribution in [0.1, 0.15) is 29.9 Å². The van der Waals surface area contributed by atoms with Crippen LogP contribution in [0.15, 0.2) is 24.4 Å². The molecule has 1 fully saturated rings. The maximum absolute atomic E-state index is 12.0. The van der Waals surface area contributed by atoms with Gasteiger partial charge < -0.3 is 14.8 Å². The van der Waals surface area contributed by atoms with Crippen LogP contribution in [0.4, 0.5) is 0 Å². The van der Waals surface area contributed by atoms with E-state index < -0.39 is 0 Å². The van der Waals surface area contributed by atoms with Crippen LogP contribution in [0.5, 0.6) is 11.5 Å². The van der Waals surface area contributed by atoms with Gasteiger partial charge in [-0.25, -0.2) is 0 Å². The van der Waals surface area contributed by atoms with E-state index in [1.54, 1.807) is 25.1 Å². The highest BCUT2D eigenvalue weighted by molar-refractivity contribution is 5.91. The van der Waals surface area contributed by atoms with E-state index in [0.717, 1.165) is 50.8 Å². The molecule has 1 N–H and O–H groups in total. The molecule has 2 heterocycles. The summed E-state index contributed by atoms with van der Waals surface area (Å²) in [6.07, 6.45) is 1.71. The number of aromatic nitrogens is 3. The first-order chi connectivity index (χ1) is 14.5. The maximum Gasteiger partial charge on any atom is 0.273 e. The second-order valence-corrected chi connectivity index (χ2v) is 7.79. The molecule has 0 aliphatic carbocycles. The Morgan fingerprint density at radius 2 is 1.83 bits per heavy atom. The average Bonchev–Trinajstić information content (AvgIpc) is 3.22. The van der Waals surface area contributed by atoms with Crippen molar-refractivity contribution >= 4 is 5.91 Å². The van der Waals surface area contributed by atoms with Gasteiger partial charge in [-0.05, 0) is 19.9 Å². The first kappa shape index (κ1) is 22.0. The topological polar surface area (TPSA) is 84.8 Å². The Morgan fingerprint density at radius 3 is 2.50 bits per heavy atom. The van der Waals surface area contributed by atoms with Gasteiger partial charge >= 0.3 is 0 Å². The number of piperazine rings is 1. The predicted octanol–water partition coefficient (Wildman–Crippen LogP) is 1.25. The number of carbonyl (C=O) groups excluding carboxylic acids is 1. The summed E-state index contributed by atoms with van der Waals surface area (Å²) < 4.78 is 12.5. The molecule has 0 bridgehead atoms. The third-order valence-electron chi connectivity index (χ3n) is 5.19. The number of nitrogens with zero attached hydrogens (tertiary/aromatic N) is 5. The molecule has 1 aliphatic heterocycles. The van der Waals surface area contributed by atoms with Crippen LogP contribution in [0.3, 0.4) is 0 Å². The first-order valence-electron chi connectivity index (χ1n) is 10.3. The zero-order valence-electron chi connectivity index (χ0n) is 18.3. The lowest BCUT2D eigenvalue weighted by molar-refractivity contribution is 0.0938. The van der Waals surface area contributed by atoms with Gasteiger partial charge in [0.2, 0.25) is 0 Å². The van der Waals surface area contributed by atoms with Gasteiger partial charge in [-0.3, -0.25) is 19.3 Å². The summed E-state index contributed by atoms with van der Waals surface area (Å²) in [4.78, 5) is 16.8. The van der Waals surface area contributed by atoms with Crippen LogP contribution < -0.4 is 14.8 Å². The number of hydrogen-bond acceptors (Lipinski definition) is 7. The van der Waals surface area contributed by atoms with Gasteiger partial charge in [-0.15, -0.1) is 5.10 Å². The van der Waals surface area contributed by atoms with Crippen molar-refractivity contribution in [1.29, 1.82) is 0 Å². The van der Waals surface area contributed by atoms with E-state index >= 15 is 0 Å². The molecule has 1 saturated heterocycles. The van der Waals surface area contributed by atoms with Gasteiger partial charge in [0.1, 0.15) is 11.5 Å². The van der Waals surface area contributed by atoms with Gasteiger partial charge in [-0.1, -0.05) is 11.3 Å². The summed E-state index contributed by atoms with van der Waals surface area (Å²) in [5.74, 6) is 1.48. The number of carbonyl (C=O) groups is 1. The highest BCUT2D eigenvalue weighted by atomic mass is 16.5. The molecule has 9 heteroatoms. The lowest BCUT2D eigenvalue weighted by Crippen LogP contribution is -2.46. The molecule has 1 amide bonds. The molecule has 0 spiro atoms. The molecule has 1 aromatic heterocycles. The van der Waals surface area contributed by atoms with Crippen LogP contribution in [-0.2, 0) is 13.1 Å². The molecule has 0 saturated carbocycles. The van der Waals surface area contributed by atoms with Crippen LogP contribution >= 0.6 is 0 Å². The van der Waals surface area contributed by atoms with E-state index in [2.05, 4.69) is 31.5 Å². The molecule has 0 unspecified atom stereocenters. The van der Waals surface area contributed by atoms with E-state index in [9.17, 15) is 4.79 Å². The van der Waals surface area contributed by atoms with Crippen LogP contribution in [0.2, 0.25) is 0 Å². The zero-order chi connectivity index (χ0) is 21.5. The number of hydrogen-bond donors (Lipinski definition) is 1. The standard InChI is InChI=1S/C21H32N6O3/c1-16(2)22-21(28)19-15-27(24-23-19)12-11-25-7-9-26(10-8-25)14-17-5-6-18(29-3)13-20(17)30-4/h5-6,13,15-16H,7-12,14H2,1-4H3,(H,22,28). The second kappa shape index (κ2) is 10.4. The highest BCUT2D eigenvalue weighted by Crippen LogP contribution is 2.26. The quantitative estimate of drug-likeness (QED) is 0.659. The largest absolute Gasteiger partial charge is 0.497 e. The molecule has 30 heavy (non-hydrogen) atoms. The van der Waals surface area contributed by atoms with Crippen molar-refractivity contribution < 1.29 is 14.3 Å². The minimum atomic E-state index is -0.182. The highest BCUT2D eigenvalue weighted by Gasteiger charge is 2.19. The van der Waals surface area contributed by atoms with E-state index in [1.165, 1.54) is 5.56 Å². The van der Waals surface area contributed by atoms with Gasteiger partial charge in [0, 0.05) is 56.9 Å². The molecule has 0 radical (unpaired) electrons. The fourth-order valence-electron chi connectivity index (χ4n) is 3.49. The minimum absolute atomic E-state index is 0.0804. The number of ether oxygens (including phenoxy) is 2. The minimum Gasteiger partial charge on any atom is -0.497 e. The Kier molecular flexibility index (Phi) is 7.64. The number of benzene rings is 1. The van der Waals surface area contributed by atoms with Crippen LogP contribution in [0, 0.1) is 0 Å². The lowest BCUT2D eigenvalue weighted by Gasteiger charge is -2.34. The summed E-state index contributed by atoms with van der Waals surface area (Å²) in [6, 6.07) is 6.06. The molecule has 0 atom stereocenters. The average molecular weight is 417 g/mol. The maximum atomic E-state index is 12.0. The molecule has 1 aromatic carbocycles. The third-order valence-corrected chi connectivity index (χ3v) is 5.19. The monoisotopic (exact) mass is 416 g/mol. The summed E-state index contributed by atoms with van der Waals surface area (Å²) in [7, 11) is 3.35. The van der Waals surface area contributed by atoms with Crippen molar-refractivity contribution in [3.63, 3.8) is 0 Å². The molecule has 2 aromatic rings. The van der Waals surface area contributed by atoms with Crippen molar-refractivity contribution in [3.8, 4) is 11.5 Å². The summed E-state index contributed by atoms with van der Waals surface area (Å²) in [5.41, 5.74) is 1.53. The van der Waals surface area contributed by atoms with Gasteiger partial charge in [-0.2, -0.15) is 0 Å². The Balaban J connectivity index is 1.44. The molecule has 9 nitrogen and oxygen atoms in total. The molecule has 1 aliphatic rings.